The average Bonchev–Trinajstić information content (AvgIpc) is 3.22. The summed E-state index contributed by atoms with van der Waals surface area (Å²) in [5.74, 6) is 0. The fourth-order valence-electron chi connectivity index (χ4n) is 2.54. The molecule has 0 spiro atoms. The molecule has 0 aromatic heterocycles. The molecule has 0 amide bonds. The summed E-state index contributed by atoms with van der Waals surface area (Å²) in [6.45, 7) is 2.21. The molecule has 2 heteroatoms. The van der Waals surface area contributed by atoms with Crippen LogP contribution < -0.4 is 10.6 Å². The zero-order valence-corrected chi connectivity index (χ0v) is 17.8. The van der Waals surface area contributed by atoms with Crippen molar-refractivity contribution in [2.24, 2.45) is 0 Å². The summed E-state index contributed by atoms with van der Waals surface area (Å²) >= 11 is 0. The smallest absolute Gasteiger partial charge is 0 e. The number of rotatable bonds is 2. The molecule has 0 nitrogen and oxygen atoms in total. The predicted molar refractivity (Wildman–Crippen MR) is 99.9 cm³/mol. The van der Waals surface area contributed by atoms with Crippen LogP contribution in [-0.4, -0.2) is 0 Å². The molecule has 3 aromatic carbocycles. The summed E-state index contributed by atoms with van der Waals surface area (Å²) in [7, 11) is 0.754. The zero-order valence-electron chi connectivity index (χ0n) is 13.2. The molecular weight excluding hydrogens is 462 g/mol. The number of allylic oxidation sites excluding steroid dienone is 4. The first-order valence-corrected chi connectivity index (χ1v) is 8.53. The van der Waals surface area contributed by atoms with E-state index in [0.29, 0.717) is 0 Å². The molecule has 0 fully saturated rings. The number of hydrogen-bond acceptors (Lipinski definition) is 0. The normalized spacial score (nSPS) is 12.4. The van der Waals surface area contributed by atoms with Gasteiger partial charge in [0, 0.05) is 25.8 Å². The Hall–Kier alpha value is -1.17. The third-order valence-electron chi connectivity index (χ3n) is 3.63. The second kappa shape index (κ2) is 9.21. The molecular formula is C21H19HfP-2. The summed E-state index contributed by atoms with van der Waals surface area (Å²) in [4.78, 5) is 0. The van der Waals surface area contributed by atoms with Crippen LogP contribution in [0.2, 0.25) is 0 Å². The molecule has 1 atom stereocenters. The minimum atomic E-state index is 0. The van der Waals surface area contributed by atoms with Gasteiger partial charge in [-0.3, -0.25) is 6.08 Å². The Morgan fingerprint density at radius 2 is 1.74 bits per heavy atom. The molecule has 1 unspecified atom stereocenters. The molecule has 114 valence electrons. The molecule has 0 aliphatic heterocycles. The Morgan fingerprint density at radius 3 is 2.39 bits per heavy atom. The number of aryl methyl sites for hydroxylation is 1. The first kappa shape index (κ1) is 18.2. The van der Waals surface area contributed by atoms with Gasteiger partial charge in [-0.2, -0.15) is 6.08 Å². The van der Waals surface area contributed by atoms with Crippen molar-refractivity contribution in [1.29, 1.82) is 0 Å². The standard InChI is InChI=1S/C16H14P.C5H5.Hf/c1-12-11-13-7-5-6-10-15(13)16(12)17-14-8-3-2-4-9-14;1-2-4-5-3-1;/h2-11,17H,1H3;1-3H,4H2;/q2*-1;. The van der Waals surface area contributed by atoms with E-state index in [1.807, 2.05) is 12.2 Å². The maximum atomic E-state index is 2.99. The van der Waals surface area contributed by atoms with Gasteiger partial charge >= 0.3 is 0 Å². The van der Waals surface area contributed by atoms with Gasteiger partial charge in [-0.15, -0.1) is 60.9 Å². The van der Waals surface area contributed by atoms with E-state index in [2.05, 4.69) is 79.7 Å². The Morgan fingerprint density at radius 1 is 1.00 bits per heavy atom. The molecule has 23 heavy (non-hydrogen) atoms. The third kappa shape index (κ3) is 4.90. The molecule has 1 aliphatic carbocycles. The summed E-state index contributed by atoms with van der Waals surface area (Å²) in [5, 5.41) is 5.68. The Bertz CT molecular complexity index is 787. The van der Waals surface area contributed by atoms with Crippen molar-refractivity contribution < 1.29 is 25.8 Å². The van der Waals surface area contributed by atoms with Gasteiger partial charge in [0.25, 0.3) is 0 Å². The van der Waals surface area contributed by atoms with E-state index in [9.17, 15) is 0 Å². The minimum absolute atomic E-state index is 0. The quantitative estimate of drug-likeness (QED) is 0.281. The van der Waals surface area contributed by atoms with Gasteiger partial charge in [-0.1, -0.05) is 43.3 Å². The third-order valence-corrected chi connectivity index (χ3v) is 5.16. The molecule has 4 rings (SSSR count). The zero-order chi connectivity index (χ0) is 15.2. The summed E-state index contributed by atoms with van der Waals surface area (Å²) in [6, 6.07) is 21.7. The average molecular weight is 481 g/mol. The number of fused-ring (bicyclic) bond motifs is 1. The van der Waals surface area contributed by atoms with Crippen LogP contribution >= 0.6 is 8.58 Å². The summed E-state index contributed by atoms with van der Waals surface area (Å²) in [5.41, 5.74) is 1.41. The fourth-order valence-corrected chi connectivity index (χ4v) is 3.82. The van der Waals surface area contributed by atoms with Gasteiger partial charge in [0.15, 0.2) is 0 Å². The van der Waals surface area contributed by atoms with Crippen LogP contribution in [-0.2, 0) is 25.8 Å². The molecule has 0 N–H and O–H groups in total. The van der Waals surface area contributed by atoms with Crippen molar-refractivity contribution in [2.75, 3.05) is 0 Å². The van der Waals surface area contributed by atoms with Crippen LogP contribution in [0, 0.1) is 13.0 Å². The van der Waals surface area contributed by atoms with Gasteiger partial charge in [0.1, 0.15) is 0 Å². The van der Waals surface area contributed by atoms with Crippen LogP contribution in [0.5, 0.6) is 0 Å². The second-order valence-electron chi connectivity index (χ2n) is 5.28. The number of hydrogen-bond donors (Lipinski definition) is 0. The SMILES string of the molecule is Cc1[cH-]c2ccccc2c1Pc1ccccc1.[C-]1=CC=CC1.[Hf]. The molecule has 0 heterocycles. The summed E-state index contributed by atoms with van der Waals surface area (Å²) in [6.07, 6.45) is 10.0. The van der Waals surface area contributed by atoms with Gasteiger partial charge < -0.3 is 0 Å². The predicted octanol–water partition coefficient (Wildman–Crippen LogP) is 4.80. The minimum Gasteiger partial charge on any atom is -0.273 e. The van der Waals surface area contributed by atoms with Crippen molar-refractivity contribution in [3.05, 3.63) is 90.5 Å². The van der Waals surface area contributed by atoms with Crippen molar-refractivity contribution in [3.8, 4) is 0 Å². The van der Waals surface area contributed by atoms with E-state index in [1.165, 1.54) is 26.9 Å². The first-order chi connectivity index (χ1) is 10.8. The van der Waals surface area contributed by atoms with Crippen molar-refractivity contribution in [3.63, 3.8) is 0 Å². The Kier molecular flexibility index (Phi) is 7.27. The van der Waals surface area contributed by atoms with E-state index >= 15 is 0 Å². The van der Waals surface area contributed by atoms with Gasteiger partial charge in [-0.25, -0.2) is 12.2 Å². The van der Waals surface area contributed by atoms with Crippen LogP contribution in [0.3, 0.4) is 0 Å². The largest absolute Gasteiger partial charge is 0.273 e. The van der Waals surface area contributed by atoms with E-state index in [4.69, 9.17) is 0 Å². The summed E-state index contributed by atoms with van der Waals surface area (Å²) < 4.78 is 0. The Balaban J connectivity index is 0.000000276. The monoisotopic (exact) mass is 482 g/mol. The van der Waals surface area contributed by atoms with Crippen LogP contribution in [0.25, 0.3) is 10.8 Å². The van der Waals surface area contributed by atoms with Crippen LogP contribution in [0.1, 0.15) is 12.0 Å². The topological polar surface area (TPSA) is 0 Å². The number of benzene rings is 2. The molecule has 0 radical (unpaired) electrons. The first-order valence-electron chi connectivity index (χ1n) is 7.53. The molecule has 0 saturated carbocycles. The van der Waals surface area contributed by atoms with Gasteiger partial charge in [-0.05, 0) is 5.30 Å². The van der Waals surface area contributed by atoms with Crippen molar-refractivity contribution in [1.82, 2.24) is 0 Å². The van der Waals surface area contributed by atoms with E-state index in [0.717, 1.165) is 15.0 Å². The van der Waals surface area contributed by atoms with Crippen LogP contribution in [0.4, 0.5) is 0 Å². The van der Waals surface area contributed by atoms with Gasteiger partial charge in [0.2, 0.25) is 0 Å². The molecule has 0 saturated heterocycles. The Labute approximate surface area is 159 Å². The van der Waals surface area contributed by atoms with Crippen molar-refractivity contribution >= 4 is 30.0 Å². The van der Waals surface area contributed by atoms with Crippen LogP contribution in [0.15, 0.2) is 78.9 Å². The van der Waals surface area contributed by atoms with Crippen molar-refractivity contribution in [2.45, 2.75) is 13.3 Å². The molecule has 0 bridgehead atoms. The van der Waals surface area contributed by atoms with E-state index in [-0.39, 0.29) is 25.8 Å². The van der Waals surface area contributed by atoms with E-state index in [1.54, 1.807) is 0 Å². The van der Waals surface area contributed by atoms with Gasteiger partial charge in [0.05, 0.1) is 0 Å². The van der Waals surface area contributed by atoms with E-state index < -0.39 is 0 Å². The fraction of sp³-hybridized carbons (Fsp3) is 0.0952. The maximum absolute atomic E-state index is 2.99. The maximum Gasteiger partial charge on any atom is 0 e. The second-order valence-corrected chi connectivity index (χ2v) is 6.61. The molecule has 1 aliphatic rings. The molecule has 3 aromatic rings.